The predicted octanol–water partition coefficient (Wildman–Crippen LogP) is 3.58. The summed E-state index contributed by atoms with van der Waals surface area (Å²) < 4.78 is 0. The lowest BCUT2D eigenvalue weighted by molar-refractivity contribution is 1.34. The predicted molar refractivity (Wildman–Crippen MR) is 65.0 cm³/mol. The van der Waals surface area contributed by atoms with Gasteiger partial charge in [-0.3, -0.25) is 0 Å². The van der Waals surface area contributed by atoms with Crippen LogP contribution in [0.2, 0.25) is 0 Å². The maximum atomic E-state index is 4.17. The van der Waals surface area contributed by atoms with Crippen molar-refractivity contribution in [2.75, 3.05) is 5.33 Å². The number of hydrogen-bond donors (Lipinski definition) is 1. The molecule has 0 bridgehead atoms. The van der Waals surface area contributed by atoms with E-state index in [0.29, 0.717) is 0 Å². The first kappa shape index (κ1) is 11.2. The number of fused-ring (bicyclic) bond motifs is 1. The first-order valence-corrected chi connectivity index (χ1v) is 5.77. The van der Waals surface area contributed by atoms with Crippen LogP contribution >= 0.6 is 15.9 Å². The summed E-state index contributed by atoms with van der Waals surface area (Å²) in [6.45, 7) is 6.25. The highest BCUT2D eigenvalue weighted by atomic mass is 79.9. The molecule has 0 unspecified atom stereocenters. The highest BCUT2D eigenvalue weighted by Gasteiger charge is 1.97. The molecule has 1 heterocycles. The van der Waals surface area contributed by atoms with Crippen molar-refractivity contribution in [3.05, 3.63) is 29.6 Å². The molecule has 0 saturated carbocycles. The van der Waals surface area contributed by atoms with Crippen LogP contribution in [0, 0.1) is 13.8 Å². The molecule has 0 aliphatic carbocycles. The van der Waals surface area contributed by atoms with Crippen molar-refractivity contribution in [1.29, 1.82) is 0 Å². The lowest BCUT2D eigenvalue weighted by Crippen LogP contribution is -1.79. The zero-order valence-electron chi connectivity index (χ0n) is 8.76. The smallest absolute Gasteiger partial charge is 0.0931 e. The first-order valence-electron chi connectivity index (χ1n) is 4.65. The van der Waals surface area contributed by atoms with Gasteiger partial charge in [0.05, 0.1) is 17.4 Å². The van der Waals surface area contributed by atoms with Gasteiger partial charge in [-0.25, -0.2) is 4.98 Å². The quantitative estimate of drug-likeness (QED) is 0.716. The van der Waals surface area contributed by atoms with Crippen LogP contribution in [0.15, 0.2) is 18.5 Å². The largest absolute Gasteiger partial charge is 0.345 e. The number of imidazole rings is 1. The van der Waals surface area contributed by atoms with E-state index >= 15 is 0 Å². The summed E-state index contributed by atoms with van der Waals surface area (Å²) in [4.78, 5) is 7.24. The van der Waals surface area contributed by atoms with Gasteiger partial charge in [-0.2, -0.15) is 0 Å². The van der Waals surface area contributed by atoms with Crippen molar-refractivity contribution in [2.24, 2.45) is 0 Å². The number of H-pyrrole nitrogens is 1. The Morgan fingerprint density at radius 1 is 1.29 bits per heavy atom. The number of alkyl halides is 1. The van der Waals surface area contributed by atoms with Crippen LogP contribution in [0.3, 0.4) is 0 Å². The van der Waals surface area contributed by atoms with Gasteiger partial charge in [0, 0.05) is 5.33 Å². The Balaban J connectivity index is 0.000000293. The second-order valence-electron chi connectivity index (χ2n) is 3.12. The number of hydrogen-bond acceptors (Lipinski definition) is 1. The minimum Gasteiger partial charge on any atom is -0.345 e. The second kappa shape index (κ2) is 5.15. The van der Waals surface area contributed by atoms with E-state index in [9.17, 15) is 0 Å². The Bertz CT molecular complexity index is 371. The molecule has 0 spiro atoms. The van der Waals surface area contributed by atoms with Crippen LogP contribution in [0.1, 0.15) is 18.1 Å². The molecule has 0 radical (unpaired) electrons. The number of halogens is 1. The van der Waals surface area contributed by atoms with Crippen LogP contribution < -0.4 is 0 Å². The highest BCUT2D eigenvalue weighted by Crippen LogP contribution is 2.14. The summed E-state index contributed by atoms with van der Waals surface area (Å²) in [6.07, 6.45) is 1.73. The van der Waals surface area contributed by atoms with Gasteiger partial charge in [-0.1, -0.05) is 22.9 Å². The number of aromatic amines is 1. The van der Waals surface area contributed by atoms with Gasteiger partial charge in [0.25, 0.3) is 0 Å². The maximum absolute atomic E-state index is 4.17. The third-order valence-electron chi connectivity index (χ3n) is 2.04. The molecular weight excluding hydrogens is 240 g/mol. The molecular formula is C11H15BrN2. The van der Waals surface area contributed by atoms with Crippen molar-refractivity contribution in [3.8, 4) is 0 Å². The molecule has 2 aromatic rings. The molecule has 2 nitrogen and oxygen atoms in total. The first-order chi connectivity index (χ1) is 6.69. The van der Waals surface area contributed by atoms with Crippen molar-refractivity contribution in [1.82, 2.24) is 9.97 Å². The van der Waals surface area contributed by atoms with Crippen LogP contribution in [0.4, 0.5) is 0 Å². The zero-order valence-corrected chi connectivity index (χ0v) is 10.4. The Kier molecular flexibility index (Phi) is 4.14. The van der Waals surface area contributed by atoms with E-state index in [1.807, 2.05) is 6.92 Å². The van der Waals surface area contributed by atoms with E-state index < -0.39 is 0 Å². The molecule has 3 heteroatoms. The van der Waals surface area contributed by atoms with E-state index in [4.69, 9.17) is 0 Å². The monoisotopic (exact) mass is 254 g/mol. The molecule has 0 atom stereocenters. The summed E-state index contributed by atoms with van der Waals surface area (Å²) in [6, 6.07) is 4.22. The van der Waals surface area contributed by atoms with Crippen LogP contribution in [-0.2, 0) is 0 Å². The lowest BCUT2D eigenvalue weighted by Gasteiger charge is -1.97. The van der Waals surface area contributed by atoms with Gasteiger partial charge in [0.1, 0.15) is 0 Å². The van der Waals surface area contributed by atoms with Gasteiger partial charge < -0.3 is 4.98 Å². The fraction of sp³-hybridized carbons (Fsp3) is 0.364. The average molecular weight is 255 g/mol. The van der Waals surface area contributed by atoms with Crippen molar-refractivity contribution >= 4 is 27.0 Å². The van der Waals surface area contributed by atoms with Gasteiger partial charge in [0.15, 0.2) is 0 Å². The average Bonchev–Trinajstić information content (AvgIpc) is 2.54. The number of aromatic nitrogens is 2. The standard InChI is InChI=1S/C9H10N2.C2H5Br/c1-6-3-8-9(4-7(6)2)11-5-10-8;1-2-3/h3-5H,1-2H3,(H,10,11);2H2,1H3. The normalized spacial score (nSPS) is 9.71. The van der Waals surface area contributed by atoms with Crippen molar-refractivity contribution in [2.45, 2.75) is 20.8 Å². The number of aryl methyl sites for hydroxylation is 2. The molecule has 2 rings (SSSR count). The summed E-state index contributed by atoms with van der Waals surface area (Å²) in [5.74, 6) is 0. The minimum absolute atomic E-state index is 1.05. The van der Waals surface area contributed by atoms with Gasteiger partial charge in [0.2, 0.25) is 0 Å². The zero-order chi connectivity index (χ0) is 10.6. The fourth-order valence-corrected chi connectivity index (χ4v) is 1.19. The Hall–Kier alpha value is -0.830. The third-order valence-corrected chi connectivity index (χ3v) is 2.04. The minimum atomic E-state index is 1.05. The maximum Gasteiger partial charge on any atom is 0.0931 e. The third kappa shape index (κ3) is 2.58. The van der Waals surface area contributed by atoms with E-state index in [1.54, 1.807) is 6.33 Å². The number of nitrogens with zero attached hydrogens (tertiary/aromatic N) is 1. The van der Waals surface area contributed by atoms with E-state index in [-0.39, 0.29) is 0 Å². The Morgan fingerprint density at radius 3 is 2.50 bits per heavy atom. The van der Waals surface area contributed by atoms with Gasteiger partial charge >= 0.3 is 0 Å². The molecule has 0 amide bonds. The summed E-state index contributed by atoms with van der Waals surface area (Å²) in [5, 5.41) is 1.06. The van der Waals surface area contributed by atoms with Crippen molar-refractivity contribution < 1.29 is 0 Å². The molecule has 1 aromatic heterocycles. The van der Waals surface area contributed by atoms with Crippen LogP contribution in [0.5, 0.6) is 0 Å². The molecule has 76 valence electrons. The second-order valence-corrected chi connectivity index (χ2v) is 4.24. The van der Waals surface area contributed by atoms with Gasteiger partial charge in [-0.05, 0) is 37.1 Å². The van der Waals surface area contributed by atoms with Crippen LogP contribution in [-0.4, -0.2) is 15.3 Å². The van der Waals surface area contributed by atoms with E-state index in [2.05, 4.69) is 51.9 Å². The number of rotatable bonds is 0. The molecule has 0 aliphatic rings. The summed E-state index contributed by atoms with van der Waals surface area (Å²) in [5.41, 5.74) is 4.77. The summed E-state index contributed by atoms with van der Waals surface area (Å²) in [7, 11) is 0. The van der Waals surface area contributed by atoms with Crippen LogP contribution in [0.25, 0.3) is 11.0 Å². The number of benzene rings is 1. The SMILES string of the molecule is CCBr.Cc1cc2nc[nH]c2cc1C. The Labute approximate surface area is 92.9 Å². The number of nitrogens with one attached hydrogen (secondary N) is 1. The van der Waals surface area contributed by atoms with Crippen molar-refractivity contribution in [3.63, 3.8) is 0 Å². The molecule has 1 aromatic carbocycles. The Morgan fingerprint density at radius 2 is 1.86 bits per heavy atom. The molecule has 1 N–H and O–H groups in total. The lowest BCUT2D eigenvalue weighted by atomic mass is 10.1. The molecule has 14 heavy (non-hydrogen) atoms. The summed E-state index contributed by atoms with van der Waals surface area (Å²) >= 11 is 3.15. The topological polar surface area (TPSA) is 28.7 Å². The van der Waals surface area contributed by atoms with E-state index in [0.717, 1.165) is 16.4 Å². The molecule has 0 fully saturated rings. The molecule has 0 saturated heterocycles. The van der Waals surface area contributed by atoms with Gasteiger partial charge in [-0.15, -0.1) is 0 Å². The fourth-order valence-electron chi connectivity index (χ4n) is 1.19. The van der Waals surface area contributed by atoms with E-state index in [1.165, 1.54) is 11.1 Å². The highest BCUT2D eigenvalue weighted by molar-refractivity contribution is 9.09. The molecule has 0 aliphatic heterocycles.